The number of rotatable bonds is 4. The smallest absolute Gasteiger partial charge is 0.394 e. The molecule has 1 N–H and O–H groups in total. The van der Waals surface area contributed by atoms with Crippen molar-refractivity contribution in [3.63, 3.8) is 0 Å². The zero-order chi connectivity index (χ0) is 14.6. The molecule has 1 fully saturated rings. The van der Waals surface area contributed by atoms with Gasteiger partial charge in [0.2, 0.25) is 0 Å². The summed E-state index contributed by atoms with van der Waals surface area (Å²) in [5.74, 6) is -0.578. The zero-order valence-electron chi connectivity index (χ0n) is 12.6. The second kappa shape index (κ2) is 6.92. The minimum absolute atomic E-state index is 0.0901. The number of carbonyl (C=O) groups excluding carboxylic acids is 1. The second-order valence-corrected chi connectivity index (χ2v) is 6.20. The molecule has 0 aliphatic heterocycles. The van der Waals surface area contributed by atoms with Crippen LogP contribution in [0.1, 0.15) is 53.4 Å². The normalized spacial score (nSPS) is 27.3. The number of hydrogen-bond donors (Lipinski definition) is 1. The van der Waals surface area contributed by atoms with E-state index in [1.54, 1.807) is 4.90 Å². The Morgan fingerprint density at radius 2 is 1.95 bits per heavy atom. The Kier molecular flexibility index (Phi) is 5.83. The maximum Gasteiger partial charge on any atom is 0.394 e. The molecule has 19 heavy (non-hydrogen) atoms. The summed E-state index contributed by atoms with van der Waals surface area (Å²) in [5.41, 5.74) is 0. The van der Waals surface area contributed by atoms with Gasteiger partial charge in [-0.3, -0.25) is 4.79 Å². The highest BCUT2D eigenvalue weighted by Crippen LogP contribution is 2.36. The Hall–Kier alpha value is -1.06. The molecule has 0 bridgehead atoms. The predicted octanol–water partition coefficient (Wildman–Crippen LogP) is 2.77. The number of aliphatic carboxylic acids is 1. The molecule has 1 aliphatic carbocycles. The van der Waals surface area contributed by atoms with Crippen molar-refractivity contribution in [2.24, 2.45) is 17.8 Å². The number of hydrogen-bond acceptors (Lipinski definition) is 2. The van der Waals surface area contributed by atoms with E-state index in [2.05, 4.69) is 20.8 Å². The van der Waals surface area contributed by atoms with Gasteiger partial charge in [-0.2, -0.15) is 0 Å². The van der Waals surface area contributed by atoms with E-state index in [4.69, 9.17) is 5.11 Å². The quantitative estimate of drug-likeness (QED) is 0.798. The van der Waals surface area contributed by atoms with Crippen molar-refractivity contribution >= 4 is 11.9 Å². The van der Waals surface area contributed by atoms with Crippen molar-refractivity contribution in [2.45, 2.75) is 59.4 Å². The standard InChI is InChI=1S/C15H27NO3/c1-5-8-16(14(17)15(18)19)13-9-11(4)6-7-12(13)10(2)3/h10-13H,5-9H2,1-4H3,(H,18,19). The lowest BCUT2D eigenvalue weighted by Crippen LogP contribution is -2.51. The topological polar surface area (TPSA) is 57.6 Å². The molecule has 3 unspecified atom stereocenters. The first-order chi connectivity index (χ1) is 8.88. The van der Waals surface area contributed by atoms with Crippen LogP contribution in [0.5, 0.6) is 0 Å². The third-order valence-corrected chi connectivity index (χ3v) is 4.30. The molecule has 1 rings (SSSR count). The van der Waals surface area contributed by atoms with Crippen LogP contribution in [-0.4, -0.2) is 34.5 Å². The van der Waals surface area contributed by atoms with Crippen molar-refractivity contribution in [1.29, 1.82) is 0 Å². The van der Waals surface area contributed by atoms with Crippen LogP contribution in [0.2, 0.25) is 0 Å². The van der Waals surface area contributed by atoms with E-state index in [9.17, 15) is 9.59 Å². The third-order valence-electron chi connectivity index (χ3n) is 4.30. The van der Waals surface area contributed by atoms with Crippen LogP contribution in [0.25, 0.3) is 0 Å². The molecule has 1 aliphatic rings. The van der Waals surface area contributed by atoms with Gasteiger partial charge in [0, 0.05) is 12.6 Å². The largest absolute Gasteiger partial charge is 0.474 e. The first-order valence-electron chi connectivity index (χ1n) is 7.42. The third kappa shape index (κ3) is 3.95. The fourth-order valence-corrected chi connectivity index (χ4v) is 3.29. The molecule has 0 saturated heterocycles. The van der Waals surface area contributed by atoms with Crippen LogP contribution >= 0.6 is 0 Å². The highest BCUT2D eigenvalue weighted by Gasteiger charge is 2.38. The lowest BCUT2D eigenvalue weighted by atomic mass is 9.73. The van der Waals surface area contributed by atoms with E-state index in [1.165, 1.54) is 6.42 Å². The van der Waals surface area contributed by atoms with Gasteiger partial charge >= 0.3 is 11.9 Å². The Labute approximate surface area is 116 Å². The highest BCUT2D eigenvalue weighted by molar-refractivity contribution is 6.31. The van der Waals surface area contributed by atoms with Crippen molar-refractivity contribution < 1.29 is 14.7 Å². The molecule has 0 aromatic heterocycles. The molecule has 3 atom stereocenters. The Morgan fingerprint density at radius 1 is 1.32 bits per heavy atom. The molecule has 4 nitrogen and oxygen atoms in total. The van der Waals surface area contributed by atoms with Crippen LogP contribution < -0.4 is 0 Å². The molecule has 1 saturated carbocycles. The summed E-state index contributed by atoms with van der Waals surface area (Å²) in [5, 5.41) is 9.01. The Balaban J connectivity index is 2.94. The molecule has 1 amide bonds. The predicted molar refractivity (Wildman–Crippen MR) is 74.8 cm³/mol. The van der Waals surface area contributed by atoms with Gasteiger partial charge < -0.3 is 10.0 Å². The first kappa shape index (κ1) is 16.0. The average Bonchev–Trinajstić information content (AvgIpc) is 2.34. The highest BCUT2D eigenvalue weighted by atomic mass is 16.4. The molecule has 0 heterocycles. The maximum absolute atomic E-state index is 11.9. The van der Waals surface area contributed by atoms with Gasteiger partial charge in [-0.15, -0.1) is 0 Å². The molecule has 0 radical (unpaired) electrons. The monoisotopic (exact) mass is 269 g/mol. The summed E-state index contributed by atoms with van der Waals surface area (Å²) in [4.78, 5) is 24.6. The van der Waals surface area contributed by atoms with E-state index in [1.807, 2.05) is 6.92 Å². The number of amides is 1. The summed E-state index contributed by atoms with van der Waals surface area (Å²) in [6.07, 6.45) is 4.01. The van der Waals surface area contributed by atoms with Crippen molar-refractivity contribution in [3.05, 3.63) is 0 Å². The number of nitrogens with zero attached hydrogens (tertiary/aromatic N) is 1. The van der Waals surface area contributed by atoms with Crippen LogP contribution in [0.15, 0.2) is 0 Å². The van der Waals surface area contributed by atoms with E-state index in [-0.39, 0.29) is 6.04 Å². The zero-order valence-corrected chi connectivity index (χ0v) is 12.6. The first-order valence-corrected chi connectivity index (χ1v) is 7.42. The number of carbonyl (C=O) groups is 2. The second-order valence-electron chi connectivity index (χ2n) is 6.20. The lowest BCUT2D eigenvalue weighted by molar-refractivity contribution is -0.158. The SMILES string of the molecule is CCCN(C(=O)C(=O)O)C1CC(C)CCC1C(C)C. The molecule has 0 aromatic rings. The van der Waals surface area contributed by atoms with Gasteiger partial charge in [-0.05, 0) is 37.0 Å². The van der Waals surface area contributed by atoms with Gasteiger partial charge in [-0.25, -0.2) is 4.79 Å². The lowest BCUT2D eigenvalue weighted by Gasteiger charge is -2.43. The summed E-state index contributed by atoms with van der Waals surface area (Å²) >= 11 is 0. The summed E-state index contributed by atoms with van der Waals surface area (Å²) < 4.78 is 0. The van der Waals surface area contributed by atoms with Crippen molar-refractivity contribution in [1.82, 2.24) is 4.90 Å². The molecule has 0 aromatic carbocycles. The van der Waals surface area contributed by atoms with E-state index in [0.717, 1.165) is 19.3 Å². The van der Waals surface area contributed by atoms with Gasteiger partial charge in [0.1, 0.15) is 0 Å². The number of carboxylic acid groups (broad SMARTS) is 1. The maximum atomic E-state index is 11.9. The average molecular weight is 269 g/mol. The number of carboxylic acids is 1. The van der Waals surface area contributed by atoms with Crippen LogP contribution in [0, 0.1) is 17.8 Å². The van der Waals surface area contributed by atoms with E-state index < -0.39 is 11.9 Å². The van der Waals surface area contributed by atoms with E-state index in [0.29, 0.717) is 24.3 Å². The Morgan fingerprint density at radius 3 is 2.42 bits per heavy atom. The van der Waals surface area contributed by atoms with E-state index >= 15 is 0 Å². The summed E-state index contributed by atoms with van der Waals surface area (Å²) in [6, 6.07) is 0.0901. The van der Waals surface area contributed by atoms with Crippen molar-refractivity contribution in [2.75, 3.05) is 6.54 Å². The Bertz CT molecular complexity index is 327. The molecular weight excluding hydrogens is 242 g/mol. The van der Waals surface area contributed by atoms with Crippen LogP contribution in [0.3, 0.4) is 0 Å². The molecule has 4 heteroatoms. The van der Waals surface area contributed by atoms with Gasteiger partial charge in [0.15, 0.2) is 0 Å². The fraction of sp³-hybridized carbons (Fsp3) is 0.867. The molecule has 110 valence electrons. The van der Waals surface area contributed by atoms with Crippen LogP contribution in [-0.2, 0) is 9.59 Å². The van der Waals surface area contributed by atoms with Gasteiger partial charge in [0.05, 0.1) is 0 Å². The van der Waals surface area contributed by atoms with Gasteiger partial charge in [0.25, 0.3) is 0 Å². The summed E-state index contributed by atoms with van der Waals surface area (Å²) in [7, 11) is 0. The van der Waals surface area contributed by atoms with Gasteiger partial charge in [-0.1, -0.05) is 34.1 Å². The minimum atomic E-state index is -1.32. The fourth-order valence-electron chi connectivity index (χ4n) is 3.29. The molecule has 0 spiro atoms. The summed E-state index contributed by atoms with van der Waals surface area (Å²) in [6.45, 7) is 9.06. The minimum Gasteiger partial charge on any atom is -0.474 e. The van der Waals surface area contributed by atoms with Crippen molar-refractivity contribution in [3.8, 4) is 0 Å². The van der Waals surface area contributed by atoms with Crippen LogP contribution in [0.4, 0.5) is 0 Å². The molecular formula is C15H27NO3.